The number of ether oxygens (including phenoxy) is 1. The number of carbonyl (C=O) groups is 1. The molecule has 0 atom stereocenters. The van der Waals surface area contributed by atoms with E-state index >= 15 is 0 Å². The number of nitrogens with zero attached hydrogens (tertiary/aromatic N) is 2. The molecule has 0 saturated carbocycles. The number of methoxy groups -OCH3 is 1. The van der Waals surface area contributed by atoms with Crippen molar-refractivity contribution in [2.75, 3.05) is 7.11 Å². The van der Waals surface area contributed by atoms with E-state index < -0.39 is 5.97 Å². The Hall–Kier alpha value is -2.30. The first-order valence-corrected chi connectivity index (χ1v) is 5.09. The molecule has 0 aliphatic rings. The maximum atomic E-state index is 10.5. The molecule has 0 saturated heterocycles. The number of rotatable bonds is 4. The van der Waals surface area contributed by atoms with E-state index in [0.29, 0.717) is 0 Å². The molecule has 1 aromatic heterocycles. The van der Waals surface area contributed by atoms with Crippen LogP contribution in [0.15, 0.2) is 36.5 Å². The lowest BCUT2D eigenvalue weighted by atomic mass is 10.1. The Morgan fingerprint density at radius 3 is 3.00 bits per heavy atom. The van der Waals surface area contributed by atoms with Crippen LogP contribution in [0.2, 0.25) is 0 Å². The standard InChI is InChI=1S/C12H12N2O3/c1-17-10-4-2-3-9(7-10)11-5-6-14(13-11)8-12(15)16/h2-7H,8H2,1H3,(H,15,16). The Labute approximate surface area is 98.3 Å². The summed E-state index contributed by atoms with van der Waals surface area (Å²) < 4.78 is 6.51. The summed E-state index contributed by atoms with van der Waals surface area (Å²) in [4.78, 5) is 10.5. The van der Waals surface area contributed by atoms with Gasteiger partial charge in [0.2, 0.25) is 0 Å². The molecule has 0 amide bonds. The molecule has 0 radical (unpaired) electrons. The van der Waals surface area contributed by atoms with E-state index in [1.54, 1.807) is 19.4 Å². The first-order valence-electron chi connectivity index (χ1n) is 5.09. The lowest BCUT2D eigenvalue weighted by Gasteiger charge is -2.01. The zero-order chi connectivity index (χ0) is 12.3. The van der Waals surface area contributed by atoms with Gasteiger partial charge in [-0.2, -0.15) is 5.10 Å². The van der Waals surface area contributed by atoms with Crippen molar-refractivity contribution >= 4 is 5.97 Å². The summed E-state index contributed by atoms with van der Waals surface area (Å²) in [6.45, 7) is -0.135. The fourth-order valence-electron chi connectivity index (χ4n) is 1.52. The van der Waals surface area contributed by atoms with Crippen LogP contribution in [0, 0.1) is 0 Å². The third-order valence-corrected chi connectivity index (χ3v) is 2.30. The van der Waals surface area contributed by atoms with Crippen LogP contribution in [0.5, 0.6) is 5.75 Å². The van der Waals surface area contributed by atoms with E-state index in [1.165, 1.54) is 4.68 Å². The number of benzene rings is 1. The second-order valence-corrected chi connectivity index (χ2v) is 3.52. The van der Waals surface area contributed by atoms with Crippen molar-refractivity contribution in [2.45, 2.75) is 6.54 Å². The highest BCUT2D eigenvalue weighted by Gasteiger charge is 2.05. The fourth-order valence-corrected chi connectivity index (χ4v) is 1.52. The maximum absolute atomic E-state index is 10.5. The lowest BCUT2D eigenvalue weighted by molar-refractivity contribution is -0.137. The SMILES string of the molecule is COc1cccc(-c2ccn(CC(=O)O)n2)c1. The minimum atomic E-state index is -0.912. The zero-order valence-electron chi connectivity index (χ0n) is 9.33. The van der Waals surface area contributed by atoms with Crippen molar-refractivity contribution in [3.8, 4) is 17.0 Å². The number of carboxylic acid groups (broad SMARTS) is 1. The Morgan fingerprint density at radius 1 is 1.47 bits per heavy atom. The highest BCUT2D eigenvalue weighted by Crippen LogP contribution is 2.21. The van der Waals surface area contributed by atoms with E-state index in [9.17, 15) is 4.79 Å². The highest BCUT2D eigenvalue weighted by molar-refractivity contribution is 5.67. The Balaban J connectivity index is 2.26. The van der Waals surface area contributed by atoms with Crippen molar-refractivity contribution in [3.05, 3.63) is 36.5 Å². The van der Waals surface area contributed by atoms with Gasteiger partial charge >= 0.3 is 5.97 Å². The van der Waals surface area contributed by atoms with Crippen LogP contribution in [-0.4, -0.2) is 28.0 Å². The van der Waals surface area contributed by atoms with Gasteiger partial charge in [0, 0.05) is 11.8 Å². The van der Waals surface area contributed by atoms with Crippen molar-refractivity contribution < 1.29 is 14.6 Å². The summed E-state index contributed by atoms with van der Waals surface area (Å²) in [7, 11) is 1.60. The van der Waals surface area contributed by atoms with Gasteiger partial charge in [-0.15, -0.1) is 0 Å². The minimum absolute atomic E-state index is 0.135. The van der Waals surface area contributed by atoms with Gasteiger partial charge in [-0.3, -0.25) is 9.48 Å². The molecule has 5 heteroatoms. The molecular weight excluding hydrogens is 220 g/mol. The van der Waals surface area contributed by atoms with Crippen molar-refractivity contribution in [2.24, 2.45) is 0 Å². The molecule has 88 valence electrons. The lowest BCUT2D eigenvalue weighted by Crippen LogP contribution is -2.08. The first-order chi connectivity index (χ1) is 8.19. The quantitative estimate of drug-likeness (QED) is 0.870. The molecule has 1 heterocycles. The molecule has 0 fully saturated rings. The van der Waals surface area contributed by atoms with Crippen molar-refractivity contribution in [1.29, 1.82) is 0 Å². The zero-order valence-corrected chi connectivity index (χ0v) is 9.33. The average molecular weight is 232 g/mol. The van der Waals surface area contributed by atoms with Crippen LogP contribution < -0.4 is 4.74 Å². The van der Waals surface area contributed by atoms with Crippen LogP contribution >= 0.6 is 0 Å². The molecule has 0 aliphatic heterocycles. The fraction of sp³-hybridized carbons (Fsp3) is 0.167. The first kappa shape index (κ1) is 11.2. The number of aliphatic carboxylic acids is 1. The smallest absolute Gasteiger partial charge is 0.325 e. The molecule has 0 unspecified atom stereocenters. The Morgan fingerprint density at radius 2 is 2.29 bits per heavy atom. The monoisotopic (exact) mass is 232 g/mol. The van der Waals surface area contributed by atoms with Crippen molar-refractivity contribution in [3.63, 3.8) is 0 Å². The highest BCUT2D eigenvalue weighted by atomic mass is 16.5. The summed E-state index contributed by atoms with van der Waals surface area (Å²) in [6, 6.07) is 9.24. The van der Waals surface area contributed by atoms with E-state index in [4.69, 9.17) is 9.84 Å². The number of hydrogen-bond acceptors (Lipinski definition) is 3. The van der Waals surface area contributed by atoms with Gasteiger partial charge in [-0.25, -0.2) is 0 Å². The third-order valence-electron chi connectivity index (χ3n) is 2.30. The van der Waals surface area contributed by atoms with Crippen LogP contribution in [0.25, 0.3) is 11.3 Å². The summed E-state index contributed by atoms with van der Waals surface area (Å²) in [5, 5.41) is 12.8. The summed E-state index contributed by atoms with van der Waals surface area (Å²) >= 11 is 0. The largest absolute Gasteiger partial charge is 0.497 e. The van der Waals surface area contributed by atoms with E-state index in [2.05, 4.69) is 5.10 Å². The number of hydrogen-bond donors (Lipinski definition) is 1. The number of aromatic nitrogens is 2. The molecule has 1 aromatic carbocycles. The molecule has 17 heavy (non-hydrogen) atoms. The second kappa shape index (κ2) is 4.69. The number of carboxylic acids is 1. The van der Waals surface area contributed by atoms with Gasteiger partial charge in [0.1, 0.15) is 12.3 Å². The van der Waals surface area contributed by atoms with Gasteiger partial charge in [-0.1, -0.05) is 12.1 Å². The van der Waals surface area contributed by atoms with Crippen LogP contribution in [-0.2, 0) is 11.3 Å². The summed E-state index contributed by atoms with van der Waals surface area (Å²) in [6.07, 6.45) is 1.64. The van der Waals surface area contributed by atoms with E-state index in [0.717, 1.165) is 17.0 Å². The van der Waals surface area contributed by atoms with Crippen LogP contribution in [0.4, 0.5) is 0 Å². The predicted molar refractivity (Wildman–Crippen MR) is 61.9 cm³/mol. The van der Waals surface area contributed by atoms with Crippen molar-refractivity contribution in [1.82, 2.24) is 9.78 Å². The predicted octanol–water partition coefficient (Wildman–Crippen LogP) is 1.64. The summed E-state index contributed by atoms with van der Waals surface area (Å²) in [5.41, 5.74) is 1.62. The molecule has 5 nitrogen and oxygen atoms in total. The Kier molecular flexibility index (Phi) is 3.09. The van der Waals surface area contributed by atoms with Gasteiger partial charge < -0.3 is 9.84 Å². The van der Waals surface area contributed by atoms with Crippen LogP contribution in [0.1, 0.15) is 0 Å². The molecule has 2 rings (SSSR count). The van der Waals surface area contributed by atoms with Gasteiger partial charge in [0.25, 0.3) is 0 Å². The normalized spacial score (nSPS) is 10.2. The van der Waals surface area contributed by atoms with E-state index in [1.807, 2.05) is 24.3 Å². The average Bonchev–Trinajstić information content (AvgIpc) is 2.77. The molecule has 1 N–H and O–H groups in total. The topological polar surface area (TPSA) is 64.3 Å². The Bertz CT molecular complexity index is 534. The summed E-state index contributed by atoms with van der Waals surface area (Å²) in [5.74, 6) is -0.166. The molecule has 0 bridgehead atoms. The molecule has 0 aliphatic carbocycles. The van der Waals surface area contributed by atoms with Gasteiger partial charge in [0.05, 0.1) is 12.8 Å². The van der Waals surface area contributed by atoms with Gasteiger partial charge in [-0.05, 0) is 18.2 Å². The second-order valence-electron chi connectivity index (χ2n) is 3.52. The van der Waals surface area contributed by atoms with Crippen LogP contribution in [0.3, 0.4) is 0 Å². The maximum Gasteiger partial charge on any atom is 0.325 e. The molecule has 2 aromatic rings. The van der Waals surface area contributed by atoms with Gasteiger partial charge in [0.15, 0.2) is 0 Å². The third kappa shape index (κ3) is 2.63. The minimum Gasteiger partial charge on any atom is -0.497 e. The molecule has 0 spiro atoms. The van der Waals surface area contributed by atoms with E-state index in [-0.39, 0.29) is 6.54 Å². The molecular formula is C12H12N2O3.